The van der Waals surface area contributed by atoms with Crippen LogP contribution in [0.1, 0.15) is 31.9 Å². The third-order valence-corrected chi connectivity index (χ3v) is 5.06. The lowest BCUT2D eigenvalue weighted by Gasteiger charge is -2.43. The van der Waals surface area contributed by atoms with Gasteiger partial charge in [0.15, 0.2) is 11.5 Å². The van der Waals surface area contributed by atoms with Crippen molar-refractivity contribution in [3.8, 4) is 11.5 Å². The van der Waals surface area contributed by atoms with Gasteiger partial charge in [-0.1, -0.05) is 12.1 Å². The van der Waals surface area contributed by atoms with E-state index in [2.05, 4.69) is 0 Å². The summed E-state index contributed by atoms with van der Waals surface area (Å²) in [4.78, 5) is 40.5. The number of esters is 1. The SMILES string of the molecule is CCOC(=O)C(=O)N1CCC(=O)N(C)C[C@H]2COc3c(OCC)cccc3[C@H]21. The number of benzene rings is 1. The number of carbonyl (C=O) groups excluding carboxylic acids is 3. The molecule has 1 fully saturated rings. The summed E-state index contributed by atoms with van der Waals surface area (Å²) in [7, 11) is 1.74. The van der Waals surface area contributed by atoms with E-state index >= 15 is 0 Å². The van der Waals surface area contributed by atoms with E-state index in [1.165, 1.54) is 4.90 Å². The summed E-state index contributed by atoms with van der Waals surface area (Å²) in [5, 5.41) is 0. The van der Waals surface area contributed by atoms with Crippen LogP contribution < -0.4 is 9.47 Å². The van der Waals surface area contributed by atoms with Crippen molar-refractivity contribution < 1.29 is 28.6 Å². The zero-order valence-corrected chi connectivity index (χ0v) is 16.5. The fraction of sp³-hybridized carbons (Fsp3) is 0.550. The van der Waals surface area contributed by atoms with E-state index in [0.717, 1.165) is 5.56 Å². The molecule has 1 saturated heterocycles. The summed E-state index contributed by atoms with van der Waals surface area (Å²) < 4.78 is 16.6. The molecule has 8 heteroatoms. The van der Waals surface area contributed by atoms with Gasteiger partial charge in [-0.3, -0.25) is 9.59 Å². The molecule has 152 valence electrons. The van der Waals surface area contributed by atoms with Gasteiger partial charge in [-0.05, 0) is 19.9 Å². The fourth-order valence-corrected chi connectivity index (χ4v) is 3.84. The van der Waals surface area contributed by atoms with Crippen LogP contribution in [0.5, 0.6) is 11.5 Å². The zero-order chi connectivity index (χ0) is 20.3. The maximum Gasteiger partial charge on any atom is 0.397 e. The third kappa shape index (κ3) is 3.76. The minimum atomic E-state index is -0.906. The number of amides is 2. The first-order chi connectivity index (χ1) is 13.5. The molecule has 0 saturated carbocycles. The molecular weight excluding hydrogens is 364 g/mol. The molecule has 8 nitrogen and oxygen atoms in total. The van der Waals surface area contributed by atoms with E-state index in [-0.39, 0.29) is 31.4 Å². The molecule has 2 atom stereocenters. The maximum absolute atomic E-state index is 12.9. The van der Waals surface area contributed by atoms with Crippen molar-refractivity contribution in [3.63, 3.8) is 0 Å². The van der Waals surface area contributed by atoms with Gasteiger partial charge in [0.05, 0.1) is 25.9 Å². The monoisotopic (exact) mass is 390 g/mol. The molecule has 0 bridgehead atoms. The van der Waals surface area contributed by atoms with Gasteiger partial charge in [0, 0.05) is 38.0 Å². The molecule has 2 heterocycles. The number of carbonyl (C=O) groups is 3. The van der Waals surface area contributed by atoms with E-state index in [9.17, 15) is 14.4 Å². The molecule has 1 aromatic rings. The molecule has 0 aromatic heterocycles. The van der Waals surface area contributed by atoms with Crippen molar-refractivity contribution in [2.45, 2.75) is 26.3 Å². The van der Waals surface area contributed by atoms with Crippen LogP contribution in [0.25, 0.3) is 0 Å². The standard InChI is InChI=1S/C20H26N2O6/c1-4-26-15-8-6-7-14-17-13(12-28-18(14)15)11-21(3)16(23)9-10-22(17)19(24)20(25)27-5-2/h6-8,13,17H,4-5,9-12H2,1-3H3/t13-,17-/m0/s1. The van der Waals surface area contributed by atoms with Gasteiger partial charge in [0.2, 0.25) is 5.91 Å². The molecule has 0 spiro atoms. The predicted molar refractivity (Wildman–Crippen MR) is 99.9 cm³/mol. The molecule has 1 aromatic carbocycles. The Morgan fingerprint density at radius 1 is 1.25 bits per heavy atom. The quantitative estimate of drug-likeness (QED) is 0.573. The first kappa shape index (κ1) is 20.0. The average molecular weight is 390 g/mol. The van der Waals surface area contributed by atoms with Crippen molar-refractivity contribution >= 4 is 17.8 Å². The topological polar surface area (TPSA) is 85.4 Å². The first-order valence-electron chi connectivity index (χ1n) is 9.58. The van der Waals surface area contributed by atoms with Gasteiger partial charge >= 0.3 is 11.9 Å². The van der Waals surface area contributed by atoms with E-state index in [1.54, 1.807) is 18.9 Å². The predicted octanol–water partition coefficient (Wildman–Crippen LogP) is 1.39. The minimum absolute atomic E-state index is 0.0750. The Labute approximate surface area is 164 Å². The second kappa shape index (κ2) is 8.50. The van der Waals surface area contributed by atoms with Crippen molar-refractivity contribution in [1.29, 1.82) is 0 Å². The smallest absolute Gasteiger partial charge is 0.397 e. The van der Waals surface area contributed by atoms with Gasteiger partial charge in [0.25, 0.3) is 0 Å². The van der Waals surface area contributed by atoms with Gasteiger partial charge in [0.1, 0.15) is 0 Å². The Bertz CT molecular complexity index is 765. The number of hydrogen-bond donors (Lipinski definition) is 0. The highest BCUT2D eigenvalue weighted by Crippen LogP contribution is 2.45. The minimum Gasteiger partial charge on any atom is -0.490 e. The van der Waals surface area contributed by atoms with Gasteiger partial charge in [-0.2, -0.15) is 0 Å². The maximum atomic E-state index is 12.9. The number of nitrogens with zero attached hydrogens (tertiary/aromatic N) is 2. The average Bonchev–Trinajstić information content (AvgIpc) is 2.68. The second-order valence-electron chi connectivity index (χ2n) is 6.87. The summed E-state index contributed by atoms with van der Waals surface area (Å²) in [6.45, 7) is 5.01. The van der Waals surface area contributed by atoms with Crippen LogP contribution in [0.15, 0.2) is 18.2 Å². The van der Waals surface area contributed by atoms with Gasteiger partial charge in [-0.25, -0.2) is 4.79 Å². The normalized spacial score (nSPS) is 21.6. The van der Waals surface area contributed by atoms with Crippen LogP contribution in [0.3, 0.4) is 0 Å². The van der Waals surface area contributed by atoms with Gasteiger partial charge in [-0.15, -0.1) is 0 Å². The van der Waals surface area contributed by atoms with Crippen LogP contribution in [-0.4, -0.2) is 67.5 Å². The van der Waals surface area contributed by atoms with Crippen LogP contribution in [-0.2, 0) is 19.1 Å². The van der Waals surface area contributed by atoms with E-state index in [4.69, 9.17) is 14.2 Å². The van der Waals surface area contributed by atoms with Crippen molar-refractivity contribution in [1.82, 2.24) is 9.80 Å². The van der Waals surface area contributed by atoms with Crippen molar-refractivity contribution in [3.05, 3.63) is 23.8 Å². The first-order valence-corrected chi connectivity index (χ1v) is 9.58. The van der Waals surface area contributed by atoms with E-state index in [1.807, 2.05) is 25.1 Å². The fourth-order valence-electron chi connectivity index (χ4n) is 3.84. The number of ether oxygens (including phenoxy) is 3. The summed E-state index contributed by atoms with van der Waals surface area (Å²) in [5.74, 6) is -0.693. The Morgan fingerprint density at radius 2 is 2.04 bits per heavy atom. The Morgan fingerprint density at radius 3 is 2.75 bits per heavy atom. The molecule has 0 unspecified atom stereocenters. The van der Waals surface area contributed by atoms with Crippen LogP contribution in [0, 0.1) is 5.92 Å². The highest BCUT2D eigenvalue weighted by atomic mass is 16.5. The number of fused-ring (bicyclic) bond motifs is 3. The second-order valence-corrected chi connectivity index (χ2v) is 6.87. The Hall–Kier alpha value is -2.77. The lowest BCUT2D eigenvalue weighted by molar-refractivity contribution is -0.163. The van der Waals surface area contributed by atoms with Crippen LogP contribution in [0.4, 0.5) is 0 Å². The molecule has 3 rings (SSSR count). The lowest BCUT2D eigenvalue weighted by Crippen LogP contribution is -2.52. The summed E-state index contributed by atoms with van der Waals surface area (Å²) in [6.07, 6.45) is 0.145. The number of rotatable bonds is 3. The third-order valence-electron chi connectivity index (χ3n) is 5.06. The Balaban J connectivity index is 2.04. The van der Waals surface area contributed by atoms with Gasteiger partial charge < -0.3 is 24.0 Å². The molecule has 0 radical (unpaired) electrons. The van der Waals surface area contributed by atoms with Crippen molar-refractivity contribution in [2.24, 2.45) is 5.92 Å². The van der Waals surface area contributed by atoms with Crippen LogP contribution in [0.2, 0.25) is 0 Å². The van der Waals surface area contributed by atoms with E-state index in [0.29, 0.717) is 31.3 Å². The van der Waals surface area contributed by atoms with Crippen LogP contribution >= 0.6 is 0 Å². The summed E-state index contributed by atoms with van der Waals surface area (Å²) in [6, 6.07) is 5.13. The molecule has 28 heavy (non-hydrogen) atoms. The van der Waals surface area contributed by atoms with E-state index < -0.39 is 17.9 Å². The largest absolute Gasteiger partial charge is 0.490 e. The highest BCUT2D eigenvalue weighted by molar-refractivity contribution is 6.32. The molecular formula is C20H26N2O6. The molecule has 0 N–H and O–H groups in total. The Kier molecular flexibility index (Phi) is 6.06. The number of hydrogen-bond acceptors (Lipinski definition) is 6. The molecule has 2 amide bonds. The zero-order valence-electron chi connectivity index (χ0n) is 16.5. The lowest BCUT2D eigenvalue weighted by atomic mass is 9.87. The number of para-hydroxylation sites is 1. The molecule has 2 aliphatic rings. The molecule has 2 aliphatic heterocycles. The van der Waals surface area contributed by atoms with Crippen molar-refractivity contribution in [2.75, 3.05) is 40.0 Å². The summed E-state index contributed by atoms with van der Waals surface area (Å²) >= 11 is 0. The molecule has 0 aliphatic carbocycles. The summed E-state index contributed by atoms with van der Waals surface area (Å²) in [5.41, 5.74) is 0.780. The highest BCUT2D eigenvalue weighted by Gasteiger charge is 2.43.